The van der Waals surface area contributed by atoms with E-state index in [1.165, 1.54) is 0 Å². The molecular formula is C8H14N4O. The number of aromatic amines is 1. The van der Waals surface area contributed by atoms with E-state index in [1.807, 2.05) is 6.92 Å². The maximum atomic E-state index is 11.2. The van der Waals surface area contributed by atoms with Gasteiger partial charge in [-0.2, -0.15) is 0 Å². The Morgan fingerprint density at radius 1 is 1.85 bits per heavy atom. The number of likely N-dealkylation sites (N-methyl/N-ethyl adjacent to an activating group) is 1. The number of hydrogen-bond acceptors (Lipinski definition) is 3. The van der Waals surface area contributed by atoms with Crippen molar-refractivity contribution in [3.63, 3.8) is 0 Å². The highest BCUT2D eigenvalue weighted by Crippen LogP contribution is 1.93. The average molecular weight is 182 g/mol. The predicted octanol–water partition coefficient (Wildman–Crippen LogP) is -0.584. The monoisotopic (exact) mass is 182 g/mol. The van der Waals surface area contributed by atoms with Crippen molar-refractivity contribution in [1.29, 1.82) is 0 Å². The molecule has 72 valence electrons. The normalized spacial score (nSPS) is 12.5. The summed E-state index contributed by atoms with van der Waals surface area (Å²) in [6.07, 6.45) is 3.79. The number of imidazole rings is 1. The van der Waals surface area contributed by atoms with E-state index in [0.717, 1.165) is 5.82 Å². The van der Waals surface area contributed by atoms with Crippen LogP contribution in [0.5, 0.6) is 0 Å². The van der Waals surface area contributed by atoms with Crippen LogP contribution in [0.15, 0.2) is 12.4 Å². The molecule has 5 nitrogen and oxygen atoms in total. The van der Waals surface area contributed by atoms with Gasteiger partial charge in [-0.3, -0.25) is 4.79 Å². The van der Waals surface area contributed by atoms with Gasteiger partial charge in [0.05, 0.1) is 6.04 Å². The van der Waals surface area contributed by atoms with E-state index in [9.17, 15) is 4.79 Å². The second-order valence-corrected chi connectivity index (χ2v) is 2.74. The molecule has 1 aromatic rings. The van der Waals surface area contributed by atoms with E-state index in [1.54, 1.807) is 12.4 Å². The topological polar surface area (TPSA) is 83.8 Å². The van der Waals surface area contributed by atoms with Crippen molar-refractivity contribution in [2.75, 3.05) is 6.54 Å². The molecule has 1 atom stereocenters. The molecule has 0 aliphatic carbocycles. The highest BCUT2D eigenvalue weighted by atomic mass is 16.2. The molecule has 0 bridgehead atoms. The zero-order chi connectivity index (χ0) is 9.68. The molecule has 0 aliphatic heterocycles. The third-order valence-electron chi connectivity index (χ3n) is 1.66. The van der Waals surface area contributed by atoms with Gasteiger partial charge in [0.15, 0.2) is 0 Å². The van der Waals surface area contributed by atoms with Crippen molar-refractivity contribution in [3.05, 3.63) is 18.2 Å². The second kappa shape index (κ2) is 4.61. The Bertz CT molecular complexity index is 257. The van der Waals surface area contributed by atoms with Crippen molar-refractivity contribution in [1.82, 2.24) is 15.3 Å². The lowest BCUT2D eigenvalue weighted by molar-refractivity contribution is -0.122. The van der Waals surface area contributed by atoms with Crippen molar-refractivity contribution in [2.24, 2.45) is 5.73 Å². The van der Waals surface area contributed by atoms with Gasteiger partial charge >= 0.3 is 0 Å². The summed E-state index contributed by atoms with van der Waals surface area (Å²) >= 11 is 0. The van der Waals surface area contributed by atoms with Crippen LogP contribution in [0.1, 0.15) is 12.7 Å². The molecule has 0 saturated heterocycles. The Morgan fingerprint density at radius 3 is 3.15 bits per heavy atom. The molecule has 1 unspecified atom stereocenters. The quantitative estimate of drug-likeness (QED) is 0.582. The van der Waals surface area contributed by atoms with Crippen LogP contribution in [-0.4, -0.2) is 28.5 Å². The molecule has 0 radical (unpaired) electrons. The van der Waals surface area contributed by atoms with Gasteiger partial charge in [0.25, 0.3) is 0 Å². The largest absolute Gasteiger partial charge is 0.355 e. The summed E-state index contributed by atoms with van der Waals surface area (Å²) in [4.78, 5) is 18.1. The van der Waals surface area contributed by atoms with Crippen LogP contribution < -0.4 is 11.1 Å². The third-order valence-corrected chi connectivity index (χ3v) is 1.66. The molecule has 1 rings (SSSR count). The number of amides is 1. The highest BCUT2D eigenvalue weighted by molar-refractivity contribution is 5.81. The lowest BCUT2D eigenvalue weighted by atomic mass is 10.2. The minimum Gasteiger partial charge on any atom is -0.355 e. The van der Waals surface area contributed by atoms with Crippen molar-refractivity contribution < 1.29 is 4.79 Å². The third kappa shape index (κ3) is 2.87. The lowest BCUT2D eigenvalue weighted by Gasteiger charge is -2.08. The molecule has 1 amide bonds. The van der Waals surface area contributed by atoms with E-state index in [4.69, 9.17) is 5.73 Å². The van der Waals surface area contributed by atoms with Crippen LogP contribution in [0.25, 0.3) is 0 Å². The standard InChI is InChI=1S/C8H14N4O/c1-2-10-8(13)6(9)5-7-11-3-4-12-7/h3-4,6H,2,5,9H2,1H3,(H,10,13)(H,11,12). The molecule has 5 heteroatoms. The van der Waals surface area contributed by atoms with Crippen LogP contribution >= 0.6 is 0 Å². The molecule has 13 heavy (non-hydrogen) atoms. The summed E-state index contributed by atoms with van der Waals surface area (Å²) in [5.41, 5.74) is 5.62. The van der Waals surface area contributed by atoms with Crippen LogP contribution in [0.3, 0.4) is 0 Å². The lowest BCUT2D eigenvalue weighted by Crippen LogP contribution is -2.42. The summed E-state index contributed by atoms with van der Waals surface area (Å²) in [7, 11) is 0. The molecule has 0 fully saturated rings. The Labute approximate surface area is 76.7 Å². The number of nitrogens with two attached hydrogens (primary N) is 1. The van der Waals surface area contributed by atoms with Gasteiger partial charge in [-0.1, -0.05) is 0 Å². The molecule has 0 spiro atoms. The highest BCUT2D eigenvalue weighted by Gasteiger charge is 2.13. The van der Waals surface area contributed by atoms with Crippen molar-refractivity contribution in [3.8, 4) is 0 Å². The van der Waals surface area contributed by atoms with Gasteiger partial charge in [-0.25, -0.2) is 4.98 Å². The first-order chi connectivity index (χ1) is 6.24. The van der Waals surface area contributed by atoms with Crippen molar-refractivity contribution >= 4 is 5.91 Å². The number of nitrogens with one attached hydrogen (secondary N) is 2. The zero-order valence-corrected chi connectivity index (χ0v) is 7.58. The maximum absolute atomic E-state index is 11.2. The van der Waals surface area contributed by atoms with Crippen LogP contribution in [0.2, 0.25) is 0 Å². The summed E-state index contributed by atoms with van der Waals surface area (Å²) in [5, 5.41) is 2.65. The molecule has 1 heterocycles. The summed E-state index contributed by atoms with van der Waals surface area (Å²) < 4.78 is 0. The van der Waals surface area contributed by atoms with Gasteiger partial charge in [-0.05, 0) is 6.92 Å². The zero-order valence-electron chi connectivity index (χ0n) is 7.58. The van der Waals surface area contributed by atoms with E-state index in [-0.39, 0.29) is 5.91 Å². The van der Waals surface area contributed by atoms with Gasteiger partial charge in [0.1, 0.15) is 5.82 Å². The molecule has 0 aromatic carbocycles. The number of nitrogens with zero attached hydrogens (tertiary/aromatic N) is 1. The SMILES string of the molecule is CCNC(=O)C(N)Cc1ncc[nH]1. The fraction of sp³-hybridized carbons (Fsp3) is 0.500. The molecule has 0 aliphatic rings. The van der Waals surface area contributed by atoms with E-state index in [2.05, 4.69) is 15.3 Å². The fourth-order valence-corrected chi connectivity index (χ4v) is 1.02. The number of aromatic nitrogens is 2. The van der Waals surface area contributed by atoms with E-state index in [0.29, 0.717) is 13.0 Å². The number of rotatable bonds is 4. The van der Waals surface area contributed by atoms with Gasteiger partial charge in [0, 0.05) is 25.4 Å². The minimum atomic E-state index is -0.522. The number of hydrogen-bond donors (Lipinski definition) is 3. The Kier molecular flexibility index (Phi) is 3.45. The van der Waals surface area contributed by atoms with Gasteiger partial charge in [0.2, 0.25) is 5.91 Å². The van der Waals surface area contributed by atoms with E-state index >= 15 is 0 Å². The van der Waals surface area contributed by atoms with Crippen LogP contribution in [-0.2, 0) is 11.2 Å². The minimum absolute atomic E-state index is 0.140. The molecular weight excluding hydrogens is 168 g/mol. The van der Waals surface area contributed by atoms with Gasteiger partial charge in [-0.15, -0.1) is 0 Å². The Hall–Kier alpha value is -1.36. The summed E-state index contributed by atoms with van der Waals surface area (Å²) in [6.45, 7) is 2.46. The van der Waals surface area contributed by atoms with E-state index < -0.39 is 6.04 Å². The predicted molar refractivity (Wildman–Crippen MR) is 49.0 cm³/mol. The first-order valence-corrected chi connectivity index (χ1v) is 4.25. The average Bonchev–Trinajstić information content (AvgIpc) is 2.57. The van der Waals surface area contributed by atoms with Gasteiger partial charge < -0.3 is 16.0 Å². The molecule has 4 N–H and O–H groups in total. The Morgan fingerprint density at radius 2 is 2.62 bits per heavy atom. The Balaban J connectivity index is 2.41. The maximum Gasteiger partial charge on any atom is 0.237 e. The molecule has 1 aromatic heterocycles. The molecule has 0 saturated carbocycles. The first-order valence-electron chi connectivity index (χ1n) is 4.25. The second-order valence-electron chi connectivity index (χ2n) is 2.74. The number of carbonyl (C=O) groups excluding carboxylic acids is 1. The number of carbonyl (C=O) groups is 1. The summed E-state index contributed by atoms with van der Waals surface area (Å²) in [5.74, 6) is 0.595. The van der Waals surface area contributed by atoms with Crippen LogP contribution in [0, 0.1) is 0 Å². The smallest absolute Gasteiger partial charge is 0.237 e. The first kappa shape index (κ1) is 9.73. The van der Waals surface area contributed by atoms with Crippen molar-refractivity contribution in [2.45, 2.75) is 19.4 Å². The summed E-state index contributed by atoms with van der Waals surface area (Å²) in [6, 6.07) is -0.522. The van der Waals surface area contributed by atoms with Crippen LogP contribution in [0.4, 0.5) is 0 Å². The number of H-pyrrole nitrogens is 1. The fourth-order valence-electron chi connectivity index (χ4n) is 1.02.